The zero-order valence-corrected chi connectivity index (χ0v) is 21.4. The Kier molecular flexibility index (Phi) is 6.12. The molecule has 2 fully saturated rings. The highest BCUT2D eigenvalue weighted by Crippen LogP contribution is 2.65. The molecule has 0 aromatic carbocycles. The molecule has 0 bridgehead atoms. The van der Waals surface area contributed by atoms with Gasteiger partial charge in [-0.15, -0.1) is 0 Å². The summed E-state index contributed by atoms with van der Waals surface area (Å²) in [6.45, 7) is 8.65. The minimum absolute atomic E-state index is 0.0619. The average Bonchev–Trinajstić information content (AvgIpc) is 3.14. The maximum atomic E-state index is 13.8. The number of alkyl halides is 3. The number of amides is 4. The van der Waals surface area contributed by atoms with E-state index in [2.05, 4.69) is 10.3 Å². The van der Waals surface area contributed by atoms with Crippen molar-refractivity contribution in [1.29, 1.82) is 0 Å². The van der Waals surface area contributed by atoms with Gasteiger partial charge in [0.2, 0.25) is 17.7 Å². The summed E-state index contributed by atoms with van der Waals surface area (Å²) in [7, 11) is 0. The molecule has 4 rings (SSSR count). The van der Waals surface area contributed by atoms with E-state index >= 15 is 0 Å². The molecule has 5 atom stereocenters. The number of pyridine rings is 1. The van der Waals surface area contributed by atoms with Crippen LogP contribution in [0.4, 0.5) is 13.2 Å². The van der Waals surface area contributed by atoms with Crippen molar-refractivity contribution < 1.29 is 32.3 Å². The first-order valence-corrected chi connectivity index (χ1v) is 12.2. The van der Waals surface area contributed by atoms with Gasteiger partial charge in [-0.2, -0.15) is 13.2 Å². The van der Waals surface area contributed by atoms with Crippen molar-refractivity contribution in [3.8, 4) is 0 Å². The Morgan fingerprint density at radius 1 is 1.19 bits per heavy atom. The highest BCUT2D eigenvalue weighted by molar-refractivity contribution is 5.98. The van der Waals surface area contributed by atoms with Gasteiger partial charge in [-0.1, -0.05) is 34.6 Å². The lowest BCUT2D eigenvalue weighted by Gasteiger charge is -2.39. The predicted octanol–water partition coefficient (Wildman–Crippen LogP) is 1.40. The molecule has 1 aromatic rings. The van der Waals surface area contributed by atoms with E-state index in [9.17, 15) is 32.3 Å². The summed E-state index contributed by atoms with van der Waals surface area (Å²) in [5, 5.41) is 4.62. The molecule has 12 heteroatoms. The number of primary amides is 1. The van der Waals surface area contributed by atoms with Gasteiger partial charge in [0, 0.05) is 24.5 Å². The Morgan fingerprint density at radius 2 is 1.84 bits per heavy atom. The summed E-state index contributed by atoms with van der Waals surface area (Å²) in [5.74, 6) is -4.72. The summed E-state index contributed by atoms with van der Waals surface area (Å²) >= 11 is 0. The van der Waals surface area contributed by atoms with Crippen molar-refractivity contribution in [1.82, 2.24) is 20.5 Å². The topological polar surface area (TPSA) is 134 Å². The minimum Gasteiger partial charge on any atom is -0.367 e. The Hall–Kier alpha value is -3.18. The van der Waals surface area contributed by atoms with E-state index in [0.717, 1.165) is 5.56 Å². The third kappa shape index (κ3) is 4.33. The van der Waals surface area contributed by atoms with E-state index in [-0.39, 0.29) is 30.2 Å². The van der Waals surface area contributed by atoms with Crippen LogP contribution in [0.5, 0.6) is 0 Å². The third-order valence-electron chi connectivity index (χ3n) is 8.30. The number of hydrogen-bond donors (Lipinski definition) is 3. The standard InChI is InChI=1S/C25H32F3N5O4/c1-22(2,3)17(31-21(37)25(26,27)28)19(35)33-11-14-15(23(14,4)5)16(33)18(34)32-24(20(29)36)8-6-12-7-9-30-10-13(12)24/h7,9-10,14-17H,6,8,11H2,1-5H3,(H2,29,36)(H,31,37)(H,32,34)/t14-,15-,16-,17+,24?/m0/s1. The molecule has 1 saturated carbocycles. The van der Waals surface area contributed by atoms with Gasteiger partial charge < -0.3 is 21.3 Å². The average molecular weight is 524 g/mol. The van der Waals surface area contributed by atoms with Crippen LogP contribution in [0.1, 0.15) is 52.2 Å². The molecular weight excluding hydrogens is 491 g/mol. The van der Waals surface area contributed by atoms with Crippen molar-refractivity contribution in [3.63, 3.8) is 0 Å². The molecule has 3 aliphatic rings. The number of carbonyl (C=O) groups excluding carboxylic acids is 4. The van der Waals surface area contributed by atoms with Crippen molar-refractivity contribution in [2.24, 2.45) is 28.4 Å². The molecule has 4 N–H and O–H groups in total. The lowest BCUT2D eigenvalue weighted by atomic mass is 9.85. The van der Waals surface area contributed by atoms with Gasteiger partial charge in [-0.25, -0.2) is 0 Å². The largest absolute Gasteiger partial charge is 0.471 e. The molecule has 202 valence electrons. The van der Waals surface area contributed by atoms with Crippen LogP contribution in [0.3, 0.4) is 0 Å². The van der Waals surface area contributed by atoms with Gasteiger partial charge in [0.15, 0.2) is 0 Å². The Bertz CT molecular complexity index is 1160. The number of aromatic nitrogens is 1. The number of aryl methyl sites for hydroxylation is 1. The lowest BCUT2D eigenvalue weighted by Crippen LogP contribution is -2.63. The Balaban J connectivity index is 1.66. The summed E-state index contributed by atoms with van der Waals surface area (Å²) in [5.41, 5.74) is 4.20. The lowest BCUT2D eigenvalue weighted by molar-refractivity contribution is -0.176. The second-order valence-corrected chi connectivity index (χ2v) is 12.0. The monoisotopic (exact) mass is 523 g/mol. The number of carbonyl (C=O) groups is 4. The van der Waals surface area contributed by atoms with Crippen molar-refractivity contribution >= 4 is 23.6 Å². The first-order chi connectivity index (χ1) is 16.9. The Labute approximate surface area is 212 Å². The van der Waals surface area contributed by atoms with Gasteiger partial charge in [-0.3, -0.25) is 24.2 Å². The third-order valence-corrected chi connectivity index (χ3v) is 8.30. The van der Waals surface area contributed by atoms with Crippen LogP contribution in [-0.4, -0.2) is 58.3 Å². The number of nitrogens with zero attached hydrogens (tertiary/aromatic N) is 2. The molecule has 0 radical (unpaired) electrons. The van der Waals surface area contributed by atoms with Crippen molar-refractivity contribution in [3.05, 3.63) is 29.6 Å². The van der Waals surface area contributed by atoms with Crippen LogP contribution >= 0.6 is 0 Å². The number of nitrogens with two attached hydrogens (primary N) is 1. The SMILES string of the molecule is CC(C)(C)[C@H](NC(=O)C(F)(F)F)C(=O)N1C[C@H]2[C@@H]([C@H]1C(=O)NC1(C(N)=O)CCc3ccncc31)C2(C)C. The van der Waals surface area contributed by atoms with Gasteiger partial charge in [0.1, 0.15) is 17.6 Å². The normalized spacial score (nSPS) is 28.6. The number of likely N-dealkylation sites (tertiary alicyclic amines) is 1. The van der Waals surface area contributed by atoms with E-state index in [1.807, 2.05) is 19.2 Å². The Morgan fingerprint density at radius 3 is 2.41 bits per heavy atom. The van der Waals surface area contributed by atoms with Crippen LogP contribution in [-0.2, 0) is 31.1 Å². The van der Waals surface area contributed by atoms with E-state index in [1.54, 1.807) is 12.3 Å². The molecule has 1 saturated heterocycles. The molecule has 1 aromatic heterocycles. The van der Waals surface area contributed by atoms with Gasteiger partial charge in [-0.05, 0) is 47.1 Å². The summed E-state index contributed by atoms with van der Waals surface area (Å²) in [6.07, 6.45) is -1.40. The van der Waals surface area contributed by atoms with Gasteiger partial charge >= 0.3 is 12.1 Å². The molecular formula is C25H32F3N5O4. The van der Waals surface area contributed by atoms with Crippen LogP contribution < -0.4 is 16.4 Å². The summed E-state index contributed by atoms with van der Waals surface area (Å²) in [4.78, 5) is 57.2. The van der Waals surface area contributed by atoms with Gasteiger partial charge in [0.25, 0.3) is 0 Å². The zero-order chi connectivity index (χ0) is 27.7. The van der Waals surface area contributed by atoms with Crippen molar-refractivity contribution in [2.75, 3.05) is 6.54 Å². The quantitative estimate of drug-likeness (QED) is 0.536. The maximum absolute atomic E-state index is 13.8. The molecule has 2 heterocycles. The van der Waals surface area contributed by atoms with E-state index in [4.69, 9.17) is 5.73 Å². The highest BCUT2D eigenvalue weighted by Gasteiger charge is 2.70. The number of nitrogens with one attached hydrogen (secondary N) is 2. The van der Waals surface area contributed by atoms with Crippen LogP contribution in [0, 0.1) is 22.7 Å². The number of hydrogen-bond acceptors (Lipinski definition) is 5. The van der Waals surface area contributed by atoms with Crippen LogP contribution in [0.25, 0.3) is 0 Å². The fourth-order valence-electron chi connectivity index (χ4n) is 6.05. The molecule has 1 unspecified atom stereocenters. The number of rotatable bonds is 5. The first kappa shape index (κ1) is 26.9. The molecule has 4 amide bonds. The smallest absolute Gasteiger partial charge is 0.367 e. The van der Waals surface area contributed by atoms with Gasteiger partial charge in [0.05, 0.1) is 0 Å². The fourth-order valence-corrected chi connectivity index (χ4v) is 6.05. The van der Waals surface area contributed by atoms with Crippen LogP contribution in [0.15, 0.2) is 18.5 Å². The highest BCUT2D eigenvalue weighted by atomic mass is 19.4. The molecule has 0 spiro atoms. The molecule has 37 heavy (non-hydrogen) atoms. The predicted molar refractivity (Wildman–Crippen MR) is 125 cm³/mol. The molecule has 2 aliphatic carbocycles. The summed E-state index contributed by atoms with van der Waals surface area (Å²) in [6, 6.07) is -0.828. The number of piperidine rings is 1. The summed E-state index contributed by atoms with van der Waals surface area (Å²) < 4.78 is 39.1. The second kappa shape index (κ2) is 8.42. The zero-order valence-electron chi connectivity index (χ0n) is 21.4. The van der Waals surface area contributed by atoms with Crippen molar-refractivity contribution in [2.45, 2.75) is 71.3 Å². The molecule has 1 aliphatic heterocycles. The fraction of sp³-hybridized carbons (Fsp3) is 0.640. The maximum Gasteiger partial charge on any atom is 0.471 e. The first-order valence-electron chi connectivity index (χ1n) is 12.2. The minimum atomic E-state index is -5.17. The van der Waals surface area contributed by atoms with Crippen LogP contribution in [0.2, 0.25) is 0 Å². The number of fused-ring (bicyclic) bond motifs is 2. The van der Waals surface area contributed by atoms with E-state index < -0.39 is 52.8 Å². The van der Waals surface area contributed by atoms with E-state index in [0.29, 0.717) is 12.0 Å². The second-order valence-electron chi connectivity index (χ2n) is 12.0. The molecule has 9 nitrogen and oxygen atoms in total. The number of halogens is 3. The van der Waals surface area contributed by atoms with E-state index in [1.165, 1.54) is 31.9 Å².